The van der Waals surface area contributed by atoms with E-state index in [0.717, 1.165) is 17.7 Å². The van der Waals surface area contributed by atoms with Gasteiger partial charge in [-0.3, -0.25) is 9.62 Å². The van der Waals surface area contributed by atoms with Gasteiger partial charge in [0.25, 0.3) is 10.0 Å². The summed E-state index contributed by atoms with van der Waals surface area (Å²) in [7, 11) is -4.23. The van der Waals surface area contributed by atoms with Gasteiger partial charge in [0, 0.05) is 37.1 Å². The molecule has 0 spiro atoms. The molecule has 0 aliphatic carbocycles. The van der Waals surface area contributed by atoms with Gasteiger partial charge in [-0.2, -0.15) is 0 Å². The smallest absolute Gasteiger partial charge is 0.266 e. The Morgan fingerprint density at radius 2 is 1.97 bits per heavy atom. The van der Waals surface area contributed by atoms with E-state index in [1.165, 1.54) is 28.3 Å². The zero-order valence-electron chi connectivity index (χ0n) is 17.2. The summed E-state index contributed by atoms with van der Waals surface area (Å²) in [5.74, 6) is -1.38. The number of hydrogen-bond donors (Lipinski definition) is 2. The van der Waals surface area contributed by atoms with E-state index < -0.39 is 32.7 Å². The van der Waals surface area contributed by atoms with Crippen LogP contribution in [0, 0.1) is 11.6 Å². The predicted molar refractivity (Wildman–Crippen MR) is 123 cm³/mol. The summed E-state index contributed by atoms with van der Waals surface area (Å²) in [5.41, 5.74) is 2.80. The number of anilines is 2. The quantitative estimate of drug-likeness (QED) is 0.432. The van der Waals surface area contributed by atoms with Gasteiger partial charge in [0.1, 0.15) is 22.7 Å². The van der Waals surface area contributed by atoms with Crippen LogP contribution < -0.4 is 10.0 Å². The number of hydrogen-bond acceptors (Lipinski definition) is 6. The Balaban J connectivity index is 1.44. The molecule has 0 atom stereocenters. The van der Waals surface area contributed by atoms with Crippen LogP contribution in [0.25, 0.3) is 0 Å². The van der Waals surface area contributed by atoms with Crippen molar-refractivity contribution in [1.82, 2.24) is 9.88 Å². The average molecular weight is 517 g/mol. The van der Waals surface area contributed by atoms with E-state index in [1.54, 1.807) is 12.1 Å². The first kappa shape index (κ1) is 23.8. The van der Waals surface area contributed by atoms with Crippen LogP contribution in [0.15, 0.2) is 46.1 Å². The molecular formula is C21H20ClF3N4O2S2. The maximum absolute atomic E-state index is 14.6. The minimum Gasteiger partial charge on any atom is -0.380 e. The second-order valence-electron chi connectivity index (χ2n) is 7.63. The fourth-order valence-corrected chi connectivity index (χ4v) is 5.35. The van der Waals surface area contributed by atoms with Crippen molar-refractivity contribution in [2.24, 2.45) is 0 Å². The van der Waals surface area contributed by atoms with E-state index >= 15 is 0 Å². The van der Waals surface area contributed by atoms with Gasteiger partial charge in [0.2, 0.25) is 0 Å². The third-order valence-corrected chi connectivity index (χ3v) is 7.46. The lowest BCUT2D eigenvalue weighted by molar-refractivity contribution is 0.0670. The summed E-state index contributed by atoms with van der Waals surface area (Å²) in [6, 6.07) is 6.66. The highest BCUT2D eigenvalue weighted by Gasteiger charge is 2.25. The number of benzene rings is 2. The second-order valence-corrected chi connectivity index (χ2v) is 10.4. The van der Waals surface area contributed by atoms with E-state index in [9.17, 15) is 21.6 Å². The number of nitrogens with one attached hydrogen (secondary N) is 2. The molecule has 1 aromatic heterocycles. The molecule has 0 amide bonds. The lowest BCUT2D eigenvalue weighted by atomic mass is 10.1. The van der Waals surface area contributed by atoms with Gasteiger partial charge in [-0.25, -0.2) is 26.6 Å². The molecule has 1 aliphatic rings. The highest BCUT2D eigenvalue weighted by Crippen LogP contribution is 2.30. The van der Waals surface area contributed by atoms with Crippen molar-refractivity contribution in [3.05, 3.63) is 69.0 Å². The van der Waals surface area contributed by atoms with Crippen LogP contribution in [0.3, 0.4) is 0 Å². The molecule has 1 fully saturated rings. The average Bonchev–Trinajstić information content (AvgIpc) is 3.24. The lowest BCUT2D eigenvalue weighted by Crippen LogP contribution is -2.48. The van der Waals surface area contributed by atoms with Gasteiger partial charge < -0.3 is 5.32 Å². The topological polar surface area (TPSA) is 74.3 Å². The normalized spacial score (nSPS) is 14.8. The summed E-state index contributed by atoms with van der Waals surface area (Å²) in [6.07, 6.45) is -0.124. The molecule has 1 saturated heterocycles. The Morgan fingerprint density at radius 3 is 2.67 bits per heavy atom. The number of rotatable bonds is 9. The number of thiazole rings is 1. The fourth-order valence-electron chi connectivity index (χ4n) is 3.41. The third-order valence-electron chi connectivity index (χ3n) is 5.19. The van der Waals surface area contributed by atoms with Crippen LogP contribution in [0.1, 0.15) is 11.1 Å². The van der Waals surface area contributed by atoms with Crippen molar-refractivity contribution in [2.45, 2.75) is 24.0 Å². The van der Waals surface area contributed by atoms with Crippen molar-refractivity contribution >= 4 is 44.5 Å². The van der Waals surface area contributed by atoms with E-state index in [4.69, 9.17) is 11.6 Å². The molecule has 4 rings (SSSR count). The molecule has 176 valence electrons. The molecule has 2 aromatic carbocycles. The van der Waals surface area contributed by atoms with Crippen LogP contribution in [0.2, 0.25) is 5.02 Å². The number of aromatic nitrogens is 1. The molecule has 12 heteroatoms. The van der Waals surface area contributed by atoms with Gasteiger partial charge in [-0.05, 0) is 30.2 Å². The monoisotopic (exact) mass is 516 g/mol. The fraction of sp³-hybridized carbons (Fsp3) is 0.286. The van der Waals surface area contributed by atoms with Gasteiger partial charge in [0.05, 0.1) is 16.2 Å². The summed E-state index contributed by atoms with van der Waals surface area (Å²) in [5, 5.41) is 4.29. The largest absolute Gasteiger partial charge is 0.380 e. The van der Waals surface area contributed by atoms with Crippen molar-refractivity contribution in [1.29, 1.82) is 0 Å². The summed E-state index contributed by atoms with van der Waals surface area (Å²) in [6.45, 7) is 1.54. The summed E-state index contributed by atoms with van der Waals surface area (Å²) in [4.78, 5) is 5.17. The maximum atomic E-state index is 14.6. The van der Waals surface area contributed by atoms with Gasteiger partial charge in [0.15, 0.2) is 5.82 Å². The predicted octanol–water partition coefficient (Wildman–Crippen LogP) is 4.68. The van der Waals surface area contributed by atoms with Gasteiger partial charge >= 0.3 is 0 Å². The van der Waals surface area contributed by atoms with Crippen molar-refractivity contribution in [3.63, 3.8) is 0 Å². The minimum absolute atomic E-state index is 0.0122. The Morgan fingerprint density at radius 1 is 1.18 bits per heavy atom. The minimum atomic E-state index is -4.23. The molecule has 3 aromatic rings. The van der Waals surface area contributed by atoms with Crippen LogP contribution in [0.5, 0.6) is 0 Å². The Labute approximate surface area is 198 Å². The number of likely N-dealkylation sites (tertiary alicyclic amines) is 1. The van der Waals surface area contributed by atoms with Gasteiger partial charge in [-0.15, -0.1) is 11.3 Å². The van der Waals surface area contributed by atoms with Crippen LogP contribution in [-0.4, -0.2) is 44.1 Å². The van der Waals surface area contributed by atoms with E-state index in [-0.39, 0.29) is 23.1 Å². The standard InChI is InChI=1S/C21H20ClF3N4O2S2/c22-16-6-20(33(30,31)28-21-11-32-12-27-21)18(25)7-19(16)26-8-14-5-13(1-2-17(14)24)3-4-29-9-15(23)10-29/h1-2,5-7,11-12,15,26,28H,3-4,8-10H2. The molecule has 0 radical (unpaired) electrons. The number of halogens is 4. The molecule has 0 unspecified atom stereocenters. The maximum Gasteiger partial charge on any atom is 0.266 e. The first-order valence-electron chi connectivity index (χ1n) is 9.99. The number of nitrogens with zero attached hydrogens (tertiary/aromatic N) is 2. The third kappa shape index (κ3) is 5.78. The molecule has 0 saturated carbocycles. The zero-order valence-corrected chi connectivity index (χ0v) is 19.6. The molecule has 6 nitrogen and oxygen atoms in total. The van der Waals surface area contributed by atoms with Crippen LogP contribution in [0.4, 0.5) is 24.7 Å². The van der Waals surface area contributed by atoms with Crippen LogP contribution >= 0.6 is 22.9 Å². The highest BCUT2D eigenvalue weighted by atomic mass is 35.5. The summed E-state index contributed by atoms with van der Waals surface area (Å²) >= 11 is 7.36. The second kappa shape index (κ2) is 9.88. The SMILES string of the molecule is O=S(=O)(Nc1cscn1)c1cc(Cl)c(NCc2cc(CCN3CC(F)C3)ccc2F)cc1F. The van der Waals surface area contributed by atoms with E-state index in [0.29, 0.717) is 31.6 Å². The van der Waals surface area contributed by atoms with Gasteiger partial charge in [-0.1, -0.05) is 23.7 Å². The van der Waals surface area contributed by atoms with Crippen LogP contribution in [-0.2, 0) is 23.0 Å². The molecule has 1 aliphatic heterocycles. The molecule has 2 N–H and O–H groups in total. The lowest BCUT2D eigenvalue weighted by Gasteiger charge is -2.34. The Bertz CT molecular complexity index is 1240. The number of sulfonamides is 1. The molecular weight excluding hydrogens is 497 g/mol. The number of alkyl halides is 1. The first-order chi connectivity index (χ1) is 15.7. The molecule has 33 heavy (non-hydrogen) atoms. The Hall–Kier alpha value is -2.34. The molecule has 0 bridgehead atoms. The Kier molecular flexibility index (Phi) is 7.13. The van der Waals surface area contributed by atoms with Crippen molar-refractivity contribution in [3.8, 4) is 0 Å². The van der Waals surface area contributed by atoms with E-state index in [1.807, 2.05) is 4.90 Å². The first-order valence-corrected chi connectivity index (χ1v) is 12.8. The van der Waals surface area contributed by atoms with E-state index in [2.05, 4.69) is 15.0 Å². The van der Waals surface area contributed by atoms with Crippen molar-refractivity contribution < 1.29 is 21.6 Å². The molecule has 2 heterocycles. The summed E-state index contributed by atoms with van der Waals surface area (Å²) < 4.78 is 68.9. The highest BCUT2D eigenvalue weighted by molar-refractivity contribution is 7.92. The van der Waals surface area contributed by atoms with Crippen molar-refractivity contribution in [2.75, 3.05) is 29.7 Å². The zero-order chi connectivity index (χ0) is 23.6.